The predicted molar refractivity (Wildman–Crippen MR) is 106 cm³/mol. The van der Waals surface area contributed by atoms with E-state index in [-0.39, 0.29) is 12.1 Å². The predicted octanol–water partition coefficient (Wildman–Crippen LogP) is 4.99. The molecule has 3 aromatic carbocycles. The molecule has 1 fully saturated rings. The summed E-state index contributed by atoms with van der Waals surface area (Å²) >= 11 is 0. The van der Waals surface area contributed by atoms with Crippen molar-refractivity contribution in [2.45, 2.75) is 31.5 Å². The van der Waals surface area contributed by atoms with Gasteiger partial charge in [-0.25, -0.2) is 0 Å². The van der Waals surface area contributed by atoms with Crippen LogP contribution in [0, 0.1) is 0 Å². The summed E-state index contributed by atoms with van der Waals surface area (Å²) in [7, 11) is 0. The van der Waals surface area contributed by atoms with Crippen LogP contribution in [0.25, 0.3) is 0 Å². The fourth-order valence-corrected chi connectivity index (χ4v) is 3.68. The number of hydrogen-bond acceptors (Lipinski definition) is 3. The molecule has 1 aliphatic rings. The molecule has 1 saturated heterocycles. The van der Waals surface area contributed by atoms with E-state index in [1.165, 1.54) is 16.7 Å². The van der Waals surface area contributed by atoms with Crippen molar-refractivity contribution in [1.82, 2.24) is 5.06 Å². The van der Waals surface area contributed by atoms with Gasteiger partial charge in [-0.15, -0.1) is 0 Å². The second-order valence-electron chi connectivity index (χ2n) is 7.01. The smallest absolute Gasteiger partial charge is 0.150 e. The topological polar surface area (TPSA) is 29.5 Å². The highest BCUT2D eigenvalue weighted by molar-refractivity contribution is 5.74. The van der Waals surface area contributed by atoms with Gasteiger partial charge in [0.15, 0.2) is 0 Å². The summed E-state index contributed by atoms with van der Waals surface area (Å²) < 4.78 is 0. The molecule has 0 N–H and O–H groups in total. The van der Waals surface area contributed by atoms with Crippen molar-refractivity contribution in [3.63, 3.8) is 0 Å². The fourth-order valence-electron chi connectivity index (χ4n) is 3.68. The normalized spacial score (nSPS) is 19.9. The number of carbonyl (C=O) groups excluding carboxylic acids is 1. The van der Waals surface area contributed by atoms with Crippen LogP contribution in [-0.4, -0.2) is 17.5 Å². The van der Waals surface area contributed by atoms with E-state index in [0.29, 0.717) is 5.56 Å². The summed E-state index contributed by atoms with van der Waals surface area (Å²) in [5.74, 6) is 0. The first-order chi connectivity index (χ1) is 13.3. The molecule has 0 radical (unpaired) electrons. The van der Waals surface area contributed by atoms with Gasteiger partial charge in [0.05, 0.1) is 12.1 Å². The molecule has 0 bridgehead atoms. The standard InChI is InChI=1S/C24H23NO2/c26-18-21-13-11-19(12-14-21)15-23-16-24(22-9-5-2-6-10-22)25(27-23)17-20-7-3-1-4-8-20/h1-14,18,23-24H,15-17H2. The Bertz CT molecular complexity index is 862. The minimum Gasteiger partial charge on any atom is -0.298 e. The number of benzene rings is 3. The summed E-state index contributed by atoms with van der Waals surface area (Å²) in [6, 6.07) is 29.0. The molecule has 2 unspecified atom stereocenters. The largest absolute Gasteiger partial charge is 0.298 e. The molecule has 0 amide bonds. The highest BCUT2D eigenvalue weighted by Crippen LogP contribution is 2.36. The van der Waals surface area contributed by atoms with Gasteiger partial charge in [-0.3, -0.25) is 9.63 Å². The monoisotopic (exact) mass is 357 g/mol. The van der Waals surface area contributed by atoms with E-state index in [9.17, 15) is 4.79 Å². The van der Waals surface area contributed by atoms with Crippen molar-refractivity contribution >= 4 is 6.29 Å². The van der Waals surface area contributed by atoms with Crippen molar-refractivity contribution in [3.8, 4) is 0 Å². The number of aldehydes is 1. The average molecular weight is 357 g/mol. The molecule has 3 aromatic rings. The summed E-state index contributed by atoms with van der Waals surface area (Å²) in [5, 5.41) is 2.12. The molecule has 0 aromatic heterocycles. The number of rotatable bonds is 6. The lowest BCUT2D eigenvalue weighted by atomic mass is 9.97. The van der Waals surface area contributed by atoms with E-state index in [1.54, 1.807) is 0 Å². The van der Waals surface area contributed by atoms with Crippen LogP contribution in [-0.2, 0) is 17.8 Å². The van der Waals surface area contributed by atoms with Gasteiger partial charge >= 0.3 is 0 Å². The Morgan fingerprint density at radius 1 is 0.852 bits per heavy atom. The number of hydrogen-bond donors (Lipinski definition) is 0. The van der Waals surface area contributed by atoms with Crippen LogP contribution in [0.5, 0.6) is 0 Å². The molecule has 4 rings (SSSR count). The second-order valence-corrected chi connectivity index (χ2v) is 7.01. The molecule has 3 nitrogen and oxygen atoms in total. The molecule has 27 heavy (non-hydrogen) atoms. The summed E-state index contributed by atoms with van der Waals surface area (Å²) in [6.45, 7) is 0.765. The van der Waals surface area contributed by atoms with E-state index < -0.39 is 0 Å². The minimum absolute atomic E-state index is 0.126. The number of carbonyl (C=O) groups is 1. The SMILES string of the molecule is O=Cc1ccc(CC2CC(c3ccccc3)N(Cc3ccccc3)O2)cc1. The average Bonchev–Trinajstić information content (AvgIpc) is 3.12. The first-order valence-corrected chi connectivity index (χ1v) is 9.38. The van der Waals surface area contributed by atoms with Crippen LogP contribution >= 0.6 is 0 Å². The van der Waals surface area contributed by atoms with Gasteiger partial charge < -0.3 is 0 Å². The molecule has 0 aliphatic carbocycles. The quantitative estimate of drug-likeness (QED) is 0.582. The second kappa shape index (κ2) is 8.30. The fraction of sp³-hybridized carbons (Fsp3) is 0.208. The number of nitrogens with zero attached hydrogens (tertiary/aromatic N) is 1. The van der Waals surface area contributed by atoms with E-state index in [2.05, 4.69) is 53.6 Å². The zero-order chi connectivity index (χ0) is 18.5. The van der Waals surface area contributed by atoms with Crippen molar-refractivity contribution in [2.24, 2.45) is 0 Å². The third-order valence-electron chi connectivity index (χ3n) is 5.06. The maximum absolute atomic E-state index is 10.8. The van der Waals surface area contributed by atoms with Crippen molar-refractivity contribution in [3.05, 3.63) is 107 Å². The molecule has 3 heteroatoms. The Kier molecular flexibility index (Phi) is 5.42. The third kappa shape index (κ3) is 4.33. The molecule has 0 spiro atoms. The highest BCUT2D eigenvalue weighted by atomic mass is 16.7. The Labute approximate surface area is 160 Å². The van der Waals surface area contributed by atoms with Gasteiger partial charge in [0.2, 0.25) is 0 Å². The maximum Gasteiger partial charge on any atom is 0.150 e. The Hall–Kier alpha value is -2.75. The van der Waals surface area contributed by atoms with Crippen LogP contribution in [0.4, 0.5) is 0 Å². The lowest BCUT2D eigenvalue weighted by molar-refractivity contribution is -0.170. The van der Waals surface area contributed by atoms with Crippen molar-refractivity contribution in [1.29, 1.82) is 0 Å². The summed E-state index contributed by atoms with van der Waals surface area (Å²) in [4.78, 5) is 17.2. The lowest BCUT2D eigenvalue weighted by Crippen LogP contribution is -2.22. The third-order valence-corrected chi connectivity index (χ3v) is 5.06. The zero-order valence-corrected chi connectivity index (χ0v) is 15.2. The molecular weight excluding hydrogens is 334 g/mol. The van der Waals surface area contributed by atoms with Gasteiger partial charge in [-0.1, -0.05) is 84.9 Å². The highest BCUT2D eigenvalue weighted by Gasteiger charge is 2.34. The Balaban J connectivity index is 1.52. The molecule has 136 valence electrons. The molecule has 0 saturated carbocycles. The van der Waals surface area contributed by atoms with Crippen LogP contribution in [0.1, 0.15) is 39.5 Å². The van der Waals surface area contributed by atoms with Crippen molar-refractivity contribution < 1.29 is 9.63 Å². The minimum atomic E-state index is 0.126. The lowest BCUT2D eigenvalue weighted by Gasteiger charge is -2.23. The van der Waals surface area contributed by atoms with E-state index in [4.69, 9.17) is 4.84 Å². The summed E-state index contributed by atoms with van der Waals surface area (Å²) in [6.07, 6.45) is 2.80. The van der Waals surface area contributed by atoms with Crippen LogP contribution in [0.2, 0.25) is 0 Å². The first kappa shape index (κ1) is 17.7. The van der Waals surface area contributed by atoms with Crippen molar-refractivity contribution in [2.75, 3.05) is 0 Å². The molecular formula is C24H23NO2. The van der Waals surface area contributed by atoms with E-state index in [1.807, 2.05) is 36.4 Å². The Morgan fingerprint density at radius 2 is 1.52 bits per heavy atom. The van der Waals surface area contributed by atoms with Gasteiger partial charge in [-0.05, 0) is 23.1 Å². The zero-order valence-electron chi connectivity index (χ0n) is 15.2. The van der Waals surface area contributed by atoms with Gasteiger partial charge in [0, 0.05) is 18.5 Å². The van der Waals surface area contributed by atoms with Crippen LogP contribution < -0.4 is 0 Å². The maximum atomic E-state index is 10.8. The van der Waals surface area contributed by atoms with Crippen LogP contribution in [0.3, 0.4) is 0 Å². The molecule has 2 atom stereocenters. The first-order valence-electron chi connectivity index (χ1n) is 9.38. The number of hydroxylamine groups is 2. The molecule has 1 heterocycles. The van der Waals surface area contributed by atoms with Gasteiger partial charge in [0.1, 0.15) is 6.29 Å². The van der Waals surface area contributed by atoms with E-state index in [0.717, 1.165) is 25.7 Å². The van der Waals surface area contributed by atoms with E-state index >= 15 is 0 Å². The summed E-state index contributed by atoms with van der Waals surface area (Å²) in [5.41, 5.74) is 4.43. The van der Waals surface area contributed by atoms with Crippen LogP contribution in [0.15, 0.2) is 84.9 Å². The van der Waals surface area contributed by atoms with Gasteiger partial charge in [-0.2, -0.15) is 5.06 Å². The molecule has 1 aliphatic heterocycles. The Morgan fingerprint density at radius 3 is 2.19 bits per heavy atom. The van der Waals surface area contributed by atoms with Gasteiger partial charge in [0.25, 0.3) is 0 Å².